The van der Waals surface area contributed by atoms with Gasteiger partial charge >= 0.3 is 5.69 Å². The molecule has 0 atom stereocenters. The molecule has 0 spiro atoms. The summed E-state index contributed by atoms with van der Waals surface area (Å²) in [5, 5.41) is 7.00. The van der Waals surface area contributed by atoms with Crippen LogP contribution in [0.5, 0.6) is 5.75 Å². The monoisotopic (exact) mass is 280 g/mol. The molecule has 0 amide bonds. The molecule has 0 unspecified atom stereocenters. The molecule has 3 N–H and O–H groups in total. The van der Waals surface area contributed by atoms with E-state index < -0.39 is 0 Å². The molecule has 0 saturated carbocycles. The summed E-state index contributed by atoms with van der Waals surface area (Å²) in [6.07, 6.45) is 0. The predicted molar refractivity (Wildman–Crippen MR) is 74.3 cm³/mol. The highest BCUT2D eigenvalue weighted by Crippen LogP contribution is 2.27. The van der Waals surface area contributed by atoms with Crippen molar-refractivity contribution in [2.24, 2.45) is 12.8 Å². The number of aromatic amines is 1. The van der Waals surface area contributed by atoms with Gasteiger partial charge in [0.1, 0.15) is 5.75 Å². The van der Waals surface area contributed by atoms with Crippen molar-refractivity contribution in [3.05, 3.63) is 39.8 Å². The fourth-order valence-corrected chi connectivity index (χ4v) is 2.57. The van der Waals surface area contributed by atoms with Crippen molar-refractivity contribution in [3.8, 4) is 5.75 Å². The van der Waals surface area contributed by atoms with Crippen molar-refractivity contribution >= 4 is 11.8 Å². The van der Waals surface area contributed by atoms with Crippen LogP contribution in [-0.2, 0) is 19.3 Å². The molecule has 0 bridgehead atoms. The second kappa shape index (κ2) is 5.94. The molecule has 0 fully saturated rings. The molecule has 1 aromatic heterocycles. The zero-order valence-electron chi connectivity index (χ0n) is 10.8. The summed E-state index contributed by atoms with van der Waals surface area (Å²) < 4.78 is 6.79. The maximum Gasteiger partial charge on any atom is 0.343 e. The van der Waals surface area contributed by atoms with Crippen LogP contribution in [0.4, 0.5) is 0 Å². The van der Waals surface area contributed by atoms with E-state index in [0.717, 1.165) is 16.9 Å². The Kier molecular flexibility index (Phi) is 4.28. The Morgan fingerprint density at radius 2 is 2.32 bits per heavy atom. The SMILES string of the molecule is COc1ccc(CN)cc1CSc1n[nH]c(=O)n1C. The zero-order chi connectivity index (χ0) is 13.8. The first-order valence-corrected chi connectivity index (χ1v) is 6.74. The van der Waals surface area contributed by atoms with Crippen LogP contribution in [0.15, 0.2) is 28.2 Å². The van der Waals surface area contributed by atoms with E-state index in [1.165, 1.54) is 16.3 Å². The molecule has 0 radical (unpaired) electrons. The molecule has 2 rings (SSSR count). The highest BCUT2D eigenvalue weighted by atomic mass is 32.2. The molecule has 2 aromatic rings. The molecule has 6 nitrogen and oxygen atoms in total. The molecule has 0 aliphatic rings. The Morgan fingerprint density at radius 3 is 2.89 bits per heavy atom. The van der Waals surface area contributed by atoms with Gasteiger partial charge in [0.05, 0.1) is 7.11 Å². The normalized spacial score (nSPS) is 10.7. The molecule has 0 aliphatic heterocycles. The van der Waals surface area contributed by atoms with Crippen LogP contribution < -0.4 is 16.2 Å². The number of methoxy groups -OCH3 is 1. The molecule has 1 aromatic carbocycles. The number of benzene rings is 1. The van der Waals surface area contributed by atoms with Crippen molar-refractivity contribution in [2.75, 3.05) is 7.11 Å². The van der Waals surface area contributed by atoms with Gasteiger partial charge in [-0.3, -0.25) is 4.57 Å². The van der Waals surface area contributed by atoms with Gasteiger partial charge in [-0.1, -0.05) is 17.8 Å². The molecule has 0 aliphatic carbocycles. The van der Waals surface area contributed by atoms with Gasteiger partial charge in [0, 0.05) is 24.9 Å². The van der Waals surface area contributed by atoms with Crippen molar-refractivity contribution < 1.29 is 4.74 Å². The van der Waals surface area contributed by atoms with Crippen LogP contribution >= 0.6 is 11.8 Å². The third-order valence-corrected chi connectivity index (χ3v) is 3.85. The summed E-state index contributed by atoms with van der Waals surface area (Å²) in [7, 11) is 3.32. The van der Waals surface area contributed by atoms with Gasteiger partial charge < -0.3 is 10.5 Å². The van der Waals surface area contributed by atoms with E-state index in [1.54, 1.807) is 14.2 Å². The molecular formula is C12H16N4O2S. The van der Waals surface area contributed by atoms with Gasteiger partial charge in [0.25, 0.3) is 0 Å². The van der Waals surface area contributed by atoms with Gasteiger partial charge in [0.2, 0.25) is 0 Å². The average Bonchev–Trinajstić information content (AvgIpc) is 2.76. The Hall–Kier alpha value is -1.73. The molecule has 7 heteroatoms. The fraction of sp³-hybridized carbons (Fsp3) is 0.333. The number of nitrogens with zero attached hydrogens (tertiary/aromatic N) is 2. The number of hydrogen-bond donors (Lipinski definition) is 2. The number of ether oxygens (including phenoxy) is 1. The average molecular weight is 280 g/mol. The lowest BCUT2D eigenvalue weighted by Crippen LogP contribution is -2.12. The van der Waals surface area contributed by atoms with E-state index in [4.69, 9.17) is 10.5 Å². The fourth-order valence-electron chi connectivity index (χ4n) is 1.68. The molecule has 102 valence electrons. The lowest BCUT2D eigenvalue weighted by molar-refractivity contribution is 0.411. The van der Waals surface area contributed by atoms with Crippen molar-refractivity contribution in [2.45, 2.75) is 17.5 Å². The van der Waals surface area contributed by atoms with Crippen LogP contribution in [0.2, 0.25) is 0 Å². The highest BCUT2D eigenvalue weighted by molar-refractivity contribution is 7.98. The number of nitrogens with one attached hydrogen (secondary N) is 1. The third kappa shape index (κ3) is 2.99. The van der Waals surface area contributed by atoms with Crippen LogP contribution in [0, 0.1) is 0 Å². The van der Waals surface area contributed by atoms with Gasteiger partial charge in [-0.05, 0) is 17.7 Å². The van der Waals surface area contributed by atoms with Crippen LogP contribution in [-0.4, -0.2) is 21.9 Å². The van der Waals surface area contributed by atoms with E-state index in [0.29, 0.717) is 17.5 Å². The van der Waals surface area contributed by atoms with E-state index in [9.17, 15) is 4.79 Å². The third-order valence-electron chi connectivity index (χ3n) is 2.78. The van der Waals surface area contributed by atoms with Crippen molar-refractivity contribution in [3.63, 3.8) is 0 Å². The van der Waals surface area contributed by atoms with Crippen LogP contribution in [0.25, 0.3) is 0 Å². The number of aromatic nitrogens is 3. The predicted octanol–water partition coefficient (Wildman–Crippen LogP) is 0.868. The summed E-state index contributed by atoms with van der Waals surface area (Å²) in [6.45, 7) is 0.489. The number of rotatable bonds is 5. The summed E-state index contributed by atoms with van der Waals surface area (Å²) >= 11 is 1.47. The van der Waals surface area contributed by atoms with Gasteiger partial charge in [0.15, 0.2) is 5.16 Å². The Labute approximate surface area is 115 Å². The van der Waals surface area contributed by atoms with Crippen LogP contribution in [0.1, 0.15) is 11.1 Å². The number of hydrogen-bond acceptors (Lipinski definition) is 5. The van der Waals surface area contributed by atoms with Gasteiger partial charge in [-0.25, -0.2) is 9.89 Å². The smallest absolute Gasteiger partial charge is 0.343 e. The Bertz CT molecular complexity index is 620. The largest absolute Gasteiger partial charge is 0.496 e. The number of H-pyrrole nitrogens is 1. The summed E-state index contributed by atoms with van der Waals surface area (Å²) in [5.41, 5.74) is 7.50. The molecule has 1 heterocycles. The maximum absolute atomic E-state index is 11.3. The molecular weight excluding hydrogens is 264 g/mol. The first-order valence-electron chi connectivity index (χ1n) is 5.75. The quantitative estimate of drug-likeness (QED) is 0.794. The van der Waals surface area contributed by atoms with Gasteiger partial charge in [-0.2, -0.15) is 0 Å². The van der Waals surface area contributed by atoms with E-state index >= 15 is 0 Å². The van der Waals surface area contributed by atoms with Gasteiger partial charge in [-0.15, -0.1) is 5.10 Å². The van der Waals surface area contributed by atoms with Crippen LogP contribution in [0.3, 0.4) is 0 Å². The minimum absolute atomic E-state index is 0.217. The second-order valence-electron chi connectivity index (χ2n) is 4.01. The lowest BCUT2D eigenvalue weighted by Gasteiger charge is -2.09. The summed E-state index contributed by atoms with van der Waals surface area (Å²) in [4.78, 5) is 11.3. The van der Waals surface area contributed by atoms with Crippen molar-refractivity contribution in [1.82, 2.24) is 14.8 Å². The maximum atomic E-state index is 11.3. The Balaban J connectivity index is 2.18. The van der Waals surface area contributed by atoms with E-state index in [2.05, 4.69) is 10.2 Å². The summed E-state index contributed by atoms with van der Waals surface area (Å²) in [6, 6.07) is 5.86. The minimum atomic E-state index is -0.217. The highest BCUT2D eigenvalue weighted by Gasteiger charge is 2.09. The minimum Gasteiger partial charge on any atom is -0.496 e. The van der Waals surface area contributed by atoms with Crippen molar-refractivity contribution in [1.29, 1.82) is 0 Å². The number of thioether (sulfide) groups is 1. The zero-order valence-corrected chi connectivity index (χ0v) is 11.7. The molecule has 0 saturated heterocycles. The standard InChI is InChI=1S/C12H16N4O2S/c1-16-11(17)14-15-12(16)19-7-9-5-8(6-13)3-4-10(9)18-2/h3-5H,6-7,13H2,1-2H3,(H,14,17). The Morgan fingerprint density at radius 1 is 1.53 bits per heavy atom. The first kappa shape index (κ1) is 13.7. The topological polar surface area (TPSA) is 85.9 Å². The summed E-state index contributed by atoms with van der Waals surface area (Å²) in [5.74, 6) is 1.47. The second-order valence-corrected chi connectivity index (χ2v) is 4.95. The first-order chi connectivity index (χ1) is 9.15. The number of nitrogens with two attached hydrogens (primary N) is 1. The van der Waals surface area contributed by atoms with E-state index in [-0.39, 0.29) is 5.69 Å². The molecule has 19 heavy (non-hydrogen) atoms. The lowest BCUT2D eigenvalue weighted by atomic mass is 10.1. The van der Waals surface area contributed by atoms with E-state index in [1.807, 2.05) is 18.2 Å².